The molecule has 1 rings (SSSR count). The molecule has 1 atom stereocenters. The van der Waals surface area contributed by atoms with Crippen LogP contribution < -0.4 is 14.2 Å². The molecule has 0 aliphatic carbocycles. The van der Waals surface area contributed by atoms with Crippen LogP contribution in [0.15, 0.2) is 23.1 Å². The first-order valence-corrected chi connectivity index (χ1v) is 8.98. The van der Waals surface area contributed by atoms with Gasteiger partial charge in [0.1, 0.15) is 22.4 Å². The fraction of sp³-hybridized carbons (Fsp3) is 0.562. The van der Waals surface area contributed by atoms with Gasteiger partial charge in [-0.05, 0) is 32.9 Å². The van der Waals surface area contributed by atoms with Crippen molar-refractivity contribution in [3.8, 4) is 11.5 Å². The molecule has 1 unspecified atom stereocenters. The van der Waals surface area contributed by atoms with Crippen molar-refractivity contribution in [2.24, 2.45) is 0 Å². The van der Waals surface area contributed by atoms with Gasteiger partial charge in [0.05, 0.1) is 33.5 Å². The lowest BCUT2D eigenvalue weighted by atomic mass is 10.2. The topological polar surface area (TPSA) is 100 Å². The van der Waals surface area contributed by atoms with Crippen molar-refractivity contribution in [3.63, 3.8) is 0 Å². The highest BCUT2D eigenvalue weighted by Crippen LogP contribution is 2.28. The van der Waals surface area contributed by atoms with Gasteiger partial charge in [0.15, 0.2) is 0 Å². The maximum absolute atomic E-state index is 12.7. The highest BCUT2D eigenvalue weighted by Gasteiger charge is 2.30. The van der Waals surface area contributed by atoms with Crippen LogP contribution in [0.5, 0.6) is 11.5 Å². The SMILES string of the molecule is COC(=O)C(COC(C)(C)C)NS(=O)(=O)c1cc(OC)ccc1OC. The van der Waals surface area contributed by atoms with E-state index in [1.165, 1.54) is 33.5 Å². The predicted octanol–water partition coefficient (Wildman–Crippen LogP) is 1.34. The standard InChI is InChI=1S/C16H25NO7S/c1-16(2,3)24-10-12(15(18)23-6)17-25(19,20)14-9-11(21-4)7-8-13(14)22-5/h7-9,12,17H,10H2,1-6H3. The molecule has 0 spiro atoms. The van der Waals surface area contributed by atoms with E-state index in [4.69, 9.17) is 14.2 Å². The summed E-state index contributed by atoms with van der Waals surface area (Å²) in [6.07, 6.45) is 0. The summed E-state index contributed by atoms with van der Waals surface area (Å²) in [5, 5.41) is 0. The minimum Gasteiger partial charge on any atom is -0.497 e. The number of nitrogens with one attached hydrogen (secondary N) is 1. The van der Waals surface area contributed by atoms with Crippen molar-refractivity contribution in [3.05, 3.63) is 18.2 Å². The molecule has 0 aliphatic rings. The van der Waals surface area contributed by atoms with E-state index in [1.54, 1.807) is 26.8 Å². The number of carbonyl (C=O) groups excluding carboxylic acids is 1. The molecule has 0 saturated carbocycles. The van der Waals surface area contributed by atoms with E-state index in [9.17, 15) is 13.2 Å². The summed E-state index contributed by atoms with van der Waals surface area (Å²) in [5.41, 5.74) is -0.550. The van der Waals surface area contributed by atoms with Gasteiger partial charge in [-0.25, -0.2) is 8.42 Å². The quantitative estimate of drug-likeness (QED) is 0.684. The summed E-state index contributed by atoms with van der Waals surface area (Å²) in [7, 11) is -0.155. The number of hydrogen-bond donors (Lipinski definition) is 1. The van der Waals surface area contributed by atoms with Crippen LogP contribution in [0.25, 0.3) is 0 Å². The van der Waals surface area contributed by atoms with Crippen molar-refractivity contribution in [2.45, 2.75) is 37.3 Å². The zero-order chi connectivity index (χ0) is 19.3. The van der Waals surface area contributed by atoms with Gasteiger partial charge in [-0.15, -0.1) is 0 Å². The maximum atomic E-state index is 12.7. The van der Waals surface area contributed by atoms with Crippen LogP contribution in [0, 0.1) is 0 Å². The fourth-order valence-corrected chi connectivity index (χ4v) is 3.22. The third-order valence-corrected chi connectivity index (χ3v) is 4.62. The molecule has 142 valence electrons. The Morgan fingerprint density at radius 1 is 1.16 bits per heavy atom. The van der Waals surface area contributed by atoms with Gasteiger partial charge in [-0.1, -0.05) is 0 Å². The zero-order valence-electron chi connectivity index (χ0n) is 15.3. The zero-order valence-corrected chi connectivity index (χ0v) is 16.1. The minimum atomic E-state index is -4.09. The number of esters is 1. The predicted molar refractivity (Wildman–Crippen MR) is 91.4 cm³/mol. The van der Waals surface area contributed by atoms with Crippen LogP contribution in [0.2, 0.25) is 0 Å². The van der Waals surface area contributed by atoms with Crippen molar-refractivity contribution in [1.82, 2.24) is 4.72 Å². The molecule has 25 heavy (non-hydrogen) atoms. The molecule has 9 heteroatoms. The van der Waals surface area contributed by atoms with E-state index in [0.29, 0.717) is 5.75 Å². The van der Waals surface area contributed by atoms with Crippen LogP contribution in [-0.4, -0.2) is 54.0 Å². The molecule has 8 nitrogen and oxygen atoms in total. The second-order valence-electron chi connectivity index (χ2n) is 6.14. The first-order chi connectivity index (χ1) is 11.5. The van der Waals surface area contributed by atoms with Gasteiger partial charge in [-0.2, -0.15) is 4.72 Å². The van der Waals surface area contributed by atoms with Gasteiger partial charge >= 0.3 is 5.97 Å². The maximum Gasteiger partial charge on any atom is 0.326 e. The molecule has 1 N–H and O–H groups in total. The monoisotopic (exact) mass is 375 g/mol. The lowest BCUT2D eigenvalue weighted by molar-refractivity contribution is -0.145. The first kappa shape index (κ1) is 21.2. The normalized spacial score (nSPS) is 13.2. The Morgan fingerprint density at radius 2 is 1.80 bits per heavy atom. The Morgan fingerprint density at radius 3 is 2.28 bits per heavy atom. The number of methoxy groups -OCH3 is 3. The molecular formula is C16H25NO7S. The smallest absolute Gasteiger partial charge is 0.326 e. The van der Waals surface area contributed by atoms with Crippen molar-refractivity contribution >= 4 is 16.0 Å². The van der Waals surface area contributed by atoms with Crippen LogP contribution in [-0.2, 0) is 24.3 Å². The molecule has 0 heterocycles. The molecule has 0 radical (unpaired) electrons. The van der Waals surface area contributed by atoms with Crippen molar-refractivity contribution in [2.75, 3.05) is 27.9 Å². The number of benzene rings is 1. The molecule has 1 aromatic carbocycles. The molecule has 1 aromatic rings. The van der Waals surface area contributed by atoms with Crippen LogP contribution in [0.3, 0.4) is 0 Å². The Kier molecular flexibility index (Phi) is 7.21. The van der Waals surface area contributed by atoms with Gasteiger partial charge in [0.2, 0.25) is 10.0 Å². The Balaban J connectivity index is 3.16. The highest BCUT2D eigenvalue weighted by atomic mass is 32.2. The summed E-state index contributed by atoms with van der Waals surface area (Å²) in [6.45, 7) is 5.20. The number of ether oxygens (including phenoxy) is 4. The lowest BCUT2D eigenvalue weighted by Crippen LogP contribution is -2.46. The third kappa shape index (κ3) is 6.18. The average molecular weight is 375 g/mol. The van der Waals surface area contributed by atoms with E-state index < -0.39 is 27.6 Å². The van der Waals surface area contributed by atoms with E-state index >= 15 is 0 Å². The molecular weight excluding hydrogens is 350 g/mol. The van der Waals surface area contributed by atoms with Gasteiger partial charge in [0, 0.05) is 6.07 Å². The summed E-state index contributed by atoms with van der Waals surface area (Å²) in [4.78, 5) is 11.8. The molecule has 0 fully saturated rings. The second kappa shape index (κ2) is 8.50. The van der Waals surface area contributed by atoms with Crippen LogP contribution in [0.1, 0.15) is 20.8 Å². The third-order valence-electron chi connectivity index (χ3n) is 3.13. The Bertz CT molecular complexity index is 695. The largest absolute Gasteiger partial charge is 0.497 e. The van der Waals surface area contributed by atoms with Gasteiger partial charge in [-0.3, -0.25) is 4.79 Å². The van der Waals surface area contributed by atoms with E-state index in [0.717, 1.165) is 0 Å². The molecule has 0 aliphatic heterocycles. The van der Waals surface area contributed by atoms with Crippen molar-refractivity contribution < 1.29 is 32.2 Å². The highest BCUT2D eigenvalue weighted by molar-refractivity contribution is 7.89. The summed E-state index contributed by atoms with van der Waals surface area (Å²) < 4.78 is 48.1. The van der Waals surface area contributed by atoms with Crippen molar-refractivity contribution in [1.29, 1.82) is 0 Å². The summed E-state index contributed by atoms with van der Waals surface area (Å²) in [6, 6.07) is 3.13. The summed E-state index contributed by atoms with van der Waals surface area (Å²) in [5.74, 6) is -0.301. The number of rotatable bonds is 8. The van der Waals surface area contributed by atoms with Crippen LogP contribution >= 0.6 is 0 Å². The van der Waals surface area contributed by atoms with E-state index in [2.05, 4.69) is 9.46 Å². The molecule has 0 bridgehead atoms. The van der Waals surface area contributed by atoms with Crippen LogP contribution in [0.4, 0.5) is 0 Å². The Hall–Kier alpha value is -1.84. The number of hydrogen-bond acceptors (Lipinski definition) is 7. The second-order valence-corrected chi connectivity index (χ2v) is 7.82. The van der Waals surface area contributed by atoms with E-state index in [-0.39, 0.29) is 17.3 Å². The fourth-order valence-electron chi connectivity index (χ4n) is 1.87. The molecule has 0 saturated heterocycles. The number of sulfonamides is 1. The average Bonchev–Trinajstić information content (AvgIpc) is 2.56. The van der Waals surface area contributed by atoms with Gasteiger partial charge < -0.3 is 18.9 Å². The number of carbonyl (C=O) groups is 1. The minimum absolute atomic E-state index is 0.119. The molecule has 0 amide bonds. The Labute approximate surface area is 148 Å². The molecule has 0 aromatic heterocycles. The van der Waals surface area contributed by atoms with E-state index in [1.807, 2.05) is 0 Å². The lowest BCUT2D eigenvalue weighted by Gasteiger charge is -2.24. The summed E-state index contributed by atoms with van der Waals surface area (Å²) >= 11 is 0. The van der Waals surface area contributed by atoms with Gasteiger partial charge in [0.25, 0.3) is 0 Å². The first-order valence-electron chi connectivity index (χ1n) is 7.50.